The van der Waals surface area contributed by atoms with Crippen molar-refractivity contribution in [2.24, 2.45) is 11.3 Å². The van der Waals surface area contributed by atoms with Gasteiger partial charge in [0.1, 0.15) is 5.75 Å². The van der Waals surface area contributed by atoms with E-state index in [1.54, 1.807) is 0 Å². The van der Waals surface area contributed by atoms with Gasteiger partial charge in [0.15, 0.2) is 0 Å². The Morgan fingerprint density at radius 3 is 2.52 bits per heavy atom. The smallest absolute Gasteiger partial charge is 0.120 e. The van der Waals surface area contributed by atoms with E-state index < -0.39 is 0 Å². The van der Waals surface area contributed by atoms with Gasteiger partial charge >= 0.3 is 0 Å². The topological polar surface area (TPSA) is 32.7 Å². The molecule has 3 nitrogen and oxygen atoms in total. The highest BCUT2D eigenvalue weighted by Gasteiger charge is 2.32. The molecule has 164 valence electrons. The molecule has 3 rings (SSSR count). The number of nitrogens with zero attached hydrogens (tertiary/aromatic N) is 1. The van der Waals surface area contributed by atoms with Crippen molar-refractivity contribution < 1.29 is 9.84 Å². The fraction of sp³-hybridized carbons (Fsp3) is 0.760. The molecule has 1 aliphatic carbocycles. The van der Waals surface area contributed by atoms with E-state index in [1.807, 2.05) is 0 Å². The molecule has 2 aliphatic rings. The van der Waals surface area contributed by atoms with E-state index in [4.69, 9.17) is 4.74 Å². The average molecular weight is 467 g/mol. The van der Waals surface area contributed by atoms with Gasteiger partial charge in [-0.2, -0.15) is 0 Å². The number of benzene rings is 1. The van der Waals surface area contributed by atoms with Gasteiger partial charge in [-0.15, -0.1) is 0 Å². The van der Waals surface area contributed by atoms with Crippen LogP contribution < -0.4 is 4.74 Å². The molecule has 4 heteroatoms. The van der Waals surface area contributed by atoms with Crippen molar-refractivity contribution >= 4 is 15.9 Å². The van der Waals surface area contributed by atoms with E-state index in [-0.39, 0.29) is 6.10 Å². The zero-order valence-electron chi connectivity index (χ0n) is 18.5. The highest BCUT2D eigenvalue weighted by atomic mass is 79.9. The number of likely N-dealkylation sites (tertiary alicyclic amines) is 1. The molecule has 1 saturated carbocycles. The summed E-state index contributed by atoms with van der Waals surface area (Å²) in [5, 5.41) is 9.56. The lowest BCUT2D eigenvalue weighted by atomic mass is 9.69. The fourth-order valence-electron chi connectivity index (χ4n) is 5.34. The van der Waals surface area contributed by atoms with E-state index in [0.29, 0.717) is 12.0 Å². The van der Waals surface area contributed by atoms with Crippen LogP contribution in [0.4, 0.5) is 0 Å². The predicted molar refractivity (Wildman–Crippen MR) is 125 cm³/mol. The second-order valence-corrected chi connectivity index (χ2v) is 10.5. The molecule has 0 radical (unpaired) electrons. The standard InChI is InChI=1S/C25H40BrNO2/c1-20(2)29-23-6-7-24(26)22(19-23)18-21-8-14-27(15-9-21)16-12-25(13-17-28)10-4-3-5-11-25/h6-7,19-21,28H,3-5,8-18H2,1-2H3. The van der Waals surface area contributed by atoms with E-state index >= 15 is 0 Å². The third-order valence-corrected chi connectivity index (χ3v) is 7.89. The zero-order valence-corrected chi connectivity index (χ0v) is 20.1. The van der Waals surface area contributed by atoms with Crippen molar-refractivity contribution in [3.8, 4) is 5.75 Å². The summed E-state index contributed by atoms with van der Waals surface area (Å²) in [6.45, 7) is 8.18. The van der Waals surface area contributed by atoms with E-state index in [2.05, 4.69) is 52.9 Å². The summed E-state index contributed by atoms with van der Waals surface area (Å²) in [6, 6.07) is 6.41. The Labute approximate surface area is 186 Å². The first kappa shape index (κ1) is 23.1. The zero-order chi connectivity index (χ0) is 20.7. The predicted octanol–water partition coefficient (Wildman–Crippen LogP) is 6.21. The van der Waals surface area contributed by atoms with Crippen molar-refractivity contribution in [2.75, 3.05) is 26.2 Å². The van der Waals surface area contributed by atoms with Crippen LogP contribution in [0.25, 0.3) is 0 Å². The lowest BCUT2D eigenvalue weighted by Crippen LogP contribution is -2.38. The first-order valence-electron chi connectivity index (χ1n) is 11.8. The summed E-state index contributed by atoms with van der Waals surface area (Å²) in [5.41, 5.74) is 1.80. The SMILES string of the molecule is CC(C)Oc1ccc(Br)c(CC2CCN(CCC3(CCO)CCCCC3)CC2)c1. The van der Waals surface area contributed by atoms with Gasteiger partial charge in [-0.1, -0.05) is 35.2 Å². The van der Waals surface area contributed by atoms with E-state index in [0.717, 1.165) is 24.5 Å². The van der Waals surface area contributed by atoms with Crippen molar-refractivity contribution in [3.63, 3.8) is 0 Å². The molecule has 1 aliphatic heterocycles. The third-order valence-electron chi connectivity index (χ3n) is 7.12. The summed E-state index contributed by atoms with van der Waals surface area (Å²) in [5.74, 6) is 1.75. The number of hydrogen-bond donors (Lipinski definition) is 1. The second-order valence-electron chi connectivity index (χ2n) is 9.69. The van der Waals surface area contributed by atoms with Crippen LogP contribution in [-0.4, -0.2) is 42.4 Å². The summed E-state index contributed by atoms with van der Waals surface area (Å²) < 4.78 is 7.10. The molecule has 1 N–H and O–H groups in total. The summed E-state index contributed by atoms with van der Waals surface area (Å²) in [6.07, 6.45) is 13.0. The fourth-order valence-corrected chi connectivity index (χ4v) is 5.75. The second kappa shape index (κ2) is 11.2. The minimum Gasteiger partial charge on any atom is -0.491 e. The van der Waals surface area contributed by atoms with Crippen LogP contribution in [0.15, 0.2) is 22.7 Å². The minimum absolute atomic E-state index is 0.213. The molecular weight excluding hydrogens is 426 g/mol. The van der Waals surface area contributed by atoms with Gasteiger partial charge in [0, 0.05) is 11.1 Å². The van der Waals surface area contributed by atoms with Crippen LogP contribution in [-0.2, 0) is 6.42 Å². The Bertz CT molecular complexity index is 614. The van der Waals surface area contributed by atoms with Gasteiger partial charge in [-0.25, -0.2) is 0 Å². The number of aliphatic hydroxyl groups excluding tert-OH is 1. The first-order valence-corrected chi connectivity index (χ1v) is 12.6. The summed E-state index contributed by atoms with van der Waals surface area (Å²) in [7, 11) is 0. The number of hydrogen-bond acceptors (Lipinski definition) is 3. The summed E-state index contributed by atoms with van der Waals surface area (Å²) in [4.78, 5) is 2.68. The maximum atomic E-state index is 9.56. The molecule has 0 spiro atoms. The van der Waals surface area contributed by atoms with Crippen LogP contribution in [0.3, 0.4) is 0 Å². The highest BCUT2D eigenvalue weighted by molar-refractivity contribution is 9.10. The molecule has 2 fully saturated rings. The molecule has 29 heavy (non-hydrogen) atoms. The van der Waals surface area contributed by atoms with Crippen LogP contribution >= 0.6 is 15.9 Å². The van der Waals surface area contributed by atoms with Crippen molar-refractivity contribution in [1.82, 2.24) is 4.90 Å². The van der Waals surface area contributed by atoms with Gasteiger partial charge in [-0.05, 0) is 114 Å². The number of rotatable bonds is 9. The molecule has 1 aromatic rings. The molecule has 0 unspecified atom stereocenters. The Balaban J connectivity index is 1.47. The maximum absolute atomic E-state index is 9.56. The Morgan fingerprint density at radius 1 is 1.14 bits per heavy atom. The number of ether oxygens (including phenoxy) is 1. The molecule has 0 bridgehead atoms. The molecular formula is C25H40BrNO2. The molecule has 0 aromatic heterocycles. The van der Waals surface area contributed by atoms with Gasteiger partial charge in [0.25, 0.3) is 0 Å². The van der Waals surface area contributed by atoms with Crippen molar-refractivity contribution in [2.45, 2.75) is 84.2 Å². The first-order chi connectivity index (χ1) is 14.0. The van der Waals surface area contributed by atoms with Crippen LogP contribution in [0.2, 0.25) is 0 Å². The Hall–Kier alpha value is -0.580. The molecule has 1 heterocycles. The van der Waals surface area contributed by atoms with E-state index in [9.17, 15) is 5.11 Å². The number of halogens is 1. The van der Waals surface area contributed by atoms with Crippen LogP contribution in [0.1, 0.15) is 77.2 Å². The Morgan fingerprint density at radius 2 is 1.86 bits per heavy atom. The Kier molecular flexibility index (Phi) is 8.88. The van der Waals surface area contributed by atoms with Crippen LogP contribution in [0, 0.1) is 11.3 Å². The van der Waals surface area contributed by atoms with Crippen molar-refractivity contribution in [3.05, 3.63) is 28.2 Å². The van der Waals surface area contributed by atoms with Gasteiger partial charge in [0.2, 0.25) is 0 Å². The molecule has 0 atom stereocenters. The monoisotopic (exact) mass is 465 g/mol. The average Bonchev–Trinajstić information content (AvgIpc) is 2.71. The normalized spacial score (nSPS) is 20.9. The molecule has 1 saturated heterocycles. The summed E-state index contributed by atoms with van der Waals surface area (Å²) >= 11 is 3.74. The van der Waals surface area contributed by atoms with Crippen LogP contribution in [0.5, 0.6) is 5.75 Å². The van der Waals surface area contributed by atoms with Gasteiger partial charge < -0.3 is 14.7 Å². The lowest BCUT2D eigenvalue weighted by Gasteiger charge is -2.40. The lowest BCUT2D eigenvalue weighted by molar-refractivity contribution is 0.0894. The number of piperidine rings is 1. The highest BCUT2D eigenvalue weighted by Crippen LogP contribution is 2.42. The molecule has 1 aromatic carbocycles. The largest absolute Gasteiger partial charge is 0.491 e. The minimum atomic E-state index is 0.213. The number of aliphatic hydroxyl groups is 1. The molecule has 0 amide bonds. The van der Waals surface area contributed by atoms with Crippen molar-refractivity contribution in [1.29, 1.82) is 0 Å². The quantitative estimate of drug-likeness (QED) is 0.469. The van der Waals surface area contributed by atoms with Gasteiger partial charge in [0.05, 0.1) is 6.10 Å². The van der Waals surface area contributed by atoms with E-state index in [1.165, 1.54) is 81.0 Å². The third kappa shape index (κ3) is 6.97. The maximum Gasteiger partial charge on any atom is 0.120 e. The van der Waals surface area contributed by atoms with Gasteiger partial charge in [-0.3, -0.25) is 0 Å².